The highest BCUT2D eigenvalue weighted by molar-refractivity contribution is 5.79. The summed E-state index contributed by atoms with van der Waals surface area (Å²) < 4.78 is 19.0. The normalized spacial score (nSPS) is 17.0. The molecule has 0 radical (unpaired) electrons. The molecule has 1 aliphatic rings. The number of aromatic nitrogens is 1. The van der Waals surface area contributed by atoms with E-state index in [0.717, 1.165) is 29.7 Å². The molecule has 2 N–H and O–H groups in total. The fraction of sp³-hybridized carbons (Fsp3) is 0.524. The van der Waals surface area contributed by atoms with E-state index < -0.39 is 5.60 Å². The van der Waals surface area contributed by atoms with Gasteiger partial charge in [-0.15, -0.1) is 0 Å². The molecule has 0 spiro atoms. The maximum atomic E-state index is 13.6. The van der Waals surface area contributed by atoms with E-state index in [1.54, 1.807) is 11.0 Å². The lowest BCUT2D eigenvalue weighted by Gasteiger charge is -2.35. The molecule has 6 nitrogen and oxygen atoms in total. The largest absolute Gasteiger partial charge is 0.444 e. The summed E-state index contributed by atoms with van der Waals surface area (Å²) in [5, 5.41) is 0.882. The summed E-state index contributed by atoms with van der Waals surface area (Å²) in [5.74, 6) is -0.300. The lowest BCUT2D eigenvalue weighted by atomic mass is 10.0. The third kappa shape index (κ3) is 4.97. The van der Waals surface area contributed by atoms with Gasteiger partial charge in [0.25, 0.3) is 0 Å². The average Bonchev–Trinajstić information content (AvgIpc) is 2.60. The van der Waals surface area contributed by atoms with Crippen molar-refractivity contribution in [2.45, 2.75) is 45.9 Å². The van der Waals surface area contributed by atoms with Crippen LogP contribution in [0.5, 0.6) is 0 Å². The summed E-state index contributed by atoms with van der Waals surface area (Å²) in [6.07, 6.45) is -0.275. The summed E-state index contributed by atoms with van der Waals surface area (Å²) in [6, 6.07) is 6.44. The highest BCUT2D eigenvalue weighted by Gasteiger charge is 2.26. The van der Waals surface area contributed by atoms with E-state index in [1.807, 2.05) is 33.8 Å². The molecule has 1 aliphatic heterocycles. The molecular formula is C21H29FN4O2. The fourth-order valence-electron chi connectivity index (χ4n) is 3.34. The van der Waals surface area contributed by atoms with Gasteiger partial charge in [0, 0.05) is 50.2 Å². The van der Waals surface area contributed by atoms with Gasteiger partial charge in [-0.3, -0.25) is 9.88 Å². The van der Waals surface area contributed by atoms with Crippen molar-refractivity contribution < 1.29 is 13.9 Å². The molecule has 0 saturated carbocycles. The number of ether oxygens (including phenoxy) is 1. The van der Waals surface area contributed by atoms with Crippen molar-refractivity contribution >= 4 is 17.0 Å². The summed E-state index contributed by atoms with van der Waals surface area (Å²) in [5.41, 5.74) is 8.12. The Morgan fingerprint density at radius 1 is 1.25 bits per heavy atom. The van der Waals surface area contributed by atoms with Gasteiger partial charge in [0.15, 0.2) is 0 Å². The number of nitrogens with zero attached hydrogens (tertiary/aromatic N) is 3. The van der Waals surface area contributed by atoms with Crippen LogP contribution >= 0.6 is 0 Å². The standard InChI is InChI=1S/C21H29FN4O2/c1-14(23)17-11-15-5-6-16(22)12-18(15)24-19(17)13-25-7-9-26(10-8-25)20(27)28-21(2,3)4/h5-6,11-12,14H,7-10,13,23H2,1-4H3. The van der Waals surface area contributed by atoms with Crippen LogP contribution in [0, 0.1) is 5.82 Å². The van der Waals surface area contributed by atoms with Gasteiger partial charge in [0.2, 0.25) is 0 Å². The third-order valence-corrected chi connectivity index (χ3v) is 4.78. The SMILES string of the molecule is CC(N)c1cc2ccc(F)cc2nc1CN1CCN(C(=O)OC(C)(C)C)CC1. The van der Waals surface area contributed by atoms with Crippen molar-refractivity contribution in [3.8, 4) is 0 Å². The number of hydrogen-bond acceptors (Lipinski definition) is 5. The van der Waals surface area contributed by atoms with Crippen molar-refractivity contribution in [3.63, 3.8) is 0 Å². The molecule has 1 aromatic carbocycles. The molecule has 2 heterocycles. The number of benzene rings is 1. The third-order valence-electron chi connectivity index (χ3n) is 4.78. The molecule has 1 aromatic heterocycles. The van der Waals surface area contributed by atoms with Crippen LogP contribution in [0.25, 0.3) is 10.9 Å². The zero-order valence-electron chi connectivity index (χ0n) is 17.0. The number of carbonyl (C=O) groups is 1. The summed E-state index contributed by atoms with van der Waals surface area (Å²) in [4.78, 5) is 20.9. The fourth-order valence-corrected chi connectivity index (χ4v) is 3.34. The van der Waals surface area contributed by atoms with Crippen LogP contribution < -0.4 is 5.73 Å². The number of halogens is 1. The minimum absolute atomic E-state index is 0.167. The lowest BCUT2D eigenvalue weighted by Crippen LogP contribution is -2.49. The maximum Gasteiger partial charge on any atom is 0.410 e. The Labute approximate surface area is 165 Å². The Balaban J connectivity index is 1.71. The minimum Gasteiger partial charge on any atom is -0.444 e. The van der Waals surface area contributed by atoms with Gasteiger partial charge in [-0.1, -0.05) is 0 Å². The molecule has 1 atom stereocenters. The van der Waals surface area contributed by atoms with E-state index in [0.29, 0.717) is 25.2 Å². The summed E-state index contributed by atoms with van der Waals surface area (Å²) in [7, 11) is 0. The smallest absolute Gasteiger partial charge is 0.410 e. The van der Waals surface area contributed by atoms with Crippen LogP contribution in [-0.4, -0.2) is 52.7 Å². The maximum absolute atomic E-state index is 13.6. The number of pyridine rings is 1. The van der Waals surface area contributed by atoms with Crippen molar-refractivity contribution in [1.82, 2.24) is 14.8 Å². The first-order chi connectivity index (χ1) is 13.1. The minimum atomic E-state index is -0.495. The number of piperazine rings is 1. The molecule has 3 rings (SSSR count). The van der Waals surface area contributed by atoms with E-state index in [2.05, 4.69) is 9.88 Å². The molecule has 152 valence electrons. The molecule has 1 amide bonds. The van der Waals surface area contributed by atoms with Gasteiger partial charge >= 0.3 is 6.09 Å². The number of nitrogens with two attached hydrogens (primary N) is 1. The predicted molar refractivity (Wildman–Crippen MR) is 107 cm³/mol. The highest BCUT2D eigenvalue weighted by atomic mass is 19.1. The number of hydrogen-bond donors (Lipinski definition) is 1. The molecule has 0 bridgehead atoms. The Morgan fingerprint density at radius 3 is 2.54 bits per heavy atom. The van der Waals surface area contributed by atoms with Crippen molar-refractivity contribution in [3.05, 3.63) is 41.3 Å². The van der Waals surface area contributed by atoms with Crippen LogP contribution in [0.15, 0.2) is 24.3 Å². The molecule has 0 aliphatic carbocycles. The van der Waals surface area contributed by atoms with E-state index in [9.17, 15) is 9.18 Å². The van der Waals surface area contributed by atoms with Crippen molar-refractivity contribution in [2.75, 3.05) is 26.2 Å². The number of amides is 1. The zero-order chi connectivity index (χ0) is 20.5. The second-order valence-electron chi connectivity index (χ2n) is 8.39. The first kappa shape index (κ1) is 20.5. The molecule has 7 heteroatoms. The molecule has 1 fully saturated rings. The number of fused-ring (bicyclic) bond motifs is 1. The van der Waals surface area contributed by atoms with Gasteiger partial charge in [0.05, 0.1) is 11.2 Å². The number of carbonyl (C=O) groups excluding carboxylic acids is 1. The summed E-state index contributed by atoms with van der Waals surface area (Å²) in [6.45, 7) is 10.8. The molecular weight excluding hydrogens is 359 g/mol. The topological polar surface area (TPSA) is 71.7 Å². The molecule has 28 heavy (non-hydrogen) atoms. The second-order valence-corrected chi connectivity index (χ2v) is 8.39. The molecule has 2 aromatic rings. The van der Waals surface area contributed by atoms with Crippen LogP contribution in [0.2, 0.25) is 0 Å². The van der Waals surface area contributed by atoms with Gasteiger partial charge in [-0.25, -0.2) is 9.18 Å². The molecule has 1 saturated heterocycles. The van der Waals surface area contributed by atoms with E-state index in [1.165, 1.54) is 12.1 Å². The van der Waals surface area contributed by atoms with Crippen molar-refractivity contribution in [1.29, 1.82) is 0 Å². The van der Waals surface area contributed by atoms with E-state index in [-0.39, 0.29) is 18.0 Å². The van der Waals surface area contributed by atoms with E-state index >= 15 is 0 Å². The first-order valence-electron chi connectivity index (χ1n) is 9.67. The quantitative estimate of drug-likeness (QED) is 0.872. The van der Waals surface area contributed by atoms with Crippen LogP contribution in [0.3, 0.4) is 0 Å². The van der Waals surface area contributed by atoms with Gasteiger partial charge < -0.3 is 15.4 Å². The van der Waals surface area contributed by atoms with E-state index in [4.69, 9.17) is 10.5 Å². The van der Waals surface area contributed by atoms with Crippen LogP contribution in [-0.2, 0) is 11.3 Å². The number of rotatable bonds is 3. The van der Waals surface area contributed by atoms with Crippen LogP contribution in [0.1, 0.15) is 45.0 Å². The second kappa shape index (κ2) is 8.01. The monoisotopic (exact) mass is 388 g/mol. The Hall–Kier alpha value is -2.25. The van der Waals surface area contributed by atoms with Crippen LogP contribution in [0.4, 0.5) is 9.18 Å². The Morgan fingerprint density at radius 2 is 1.93 bits per heavy atom. The summed E-state index contributed by atoms with van der Waals surface area (Å²) >= 11 is 0. The zero-order valence-corrected chi connectivity index (χ0v) is 17.0. The Kier molecular flexibility index (Phi) is 5.86. The first-order valence-corrected chi connectivity index (χ1v) is 9.67. The average molecular weight is 388 g/mol. The Bertz CT molecular complexity index is 855. The van der Waals surface area contributed by atoms with Gasteiger partial charge in [-0.05, 0) is 51.5 Å². The molecule has 1 unspecified atom stereocenters. The highest BCUT2D eigenvalue weighted by Crippen LogP contribution is 2.23. The van der Waals surface area contributed by atoms with Crippen molar-refractivity contribution in [2.24, 2.45) is 5.73 Å². The lowest BCUT2D eigenvalue weighted by molar-refractivity contribution is 0.0138. The van der Waals surface area contributed by atoms with Gasteiger partial charge in [-0.2, -0.15) is 0 Å². The van der Waals surface area contributed by atoms with Gasteiger partial charge in [0.1, 0.15) is 11.4 Å². The predicted octanol–water partition coefficient (Wildman–Crippen LogP) is 3.45.